The molecule has 1 aromatic rings. The maximum atomic E-state index is 12.7. The Morgan fingerprint density at radius 3 is 2.55 bits per heavy atom. The van der Waals surface area contributed by atoms with Gasteiger partial charge in [-0.2, -0.15) is 13.2 Å². The lowest BCUT2D eigenvalue weighted by Gasteiger charge is -2.14. The average Bonchev–Trinajstić information content (AvgIpc) is 2.28. The molecule has 0 amide bonds. The number of aliphatic carboxylic acids is 1. The Hall–Kier alpha value is -1.59. The third kappa shape index (κ3) is 5.19. The summed E-state index contributed by atoms with van der Waals surface area (Å²) in [6, 6.07) is 1.09. The number of rotatable bonds is 6. The van der Waals surface area contributed by atoms with E-state index in [-0.39, 0.29) is 12.3 Å². The van der Waals surface area contributed by atoms with E-state index in [1.54, 1.807) is 0 Å². The van der Waals surface area contributed by atoms with Crippen molar-refractivity contribution in [2.75, 3.05) is 0 Å². The molecule has 1 heterocycles. The fourth-order valence-electron chi connectivity index (χ4n) is 1.91. The summed E-state index contributed by atoms with van der Waals surface area (Å²) in [7, 11) is 0. The van der Waals surface area contributed by atoms with Crippen molar-refractivity contribution in [1.29, 1.82) is 0 Å². The number of aromatic nitrogens is 1. The molecule has 0 aromatic carbocycles. The monoisotopic (exact) mass is 289 g/mol. The summed E-state index contributed by atoms with van der Waals surface area (Å²) in [4.78, 5) is 14.4. The van der Waals surface area contributed by atoms with Crippen LogP contribution in [0.15, 0.2) is 12.3 Å². The van der Waals surface area contributed by atoms with Crippen molar-refractivity contribution in [1.82, 2.24) is 4.98 Å². The molecule has 0 fully saturated rings. The van der Waals surface area contributed by atoms with Crippen LogP contribution in [0.2, 0.25) is 0 Å². The molecule has 112 valence electrons. The summed E-state index contributed by atoms with van der Waals surface area (Å²) in [6.45, 7) is 3.92. The van der Waals surface area contributed by atoms with Gasteiger partial charge in [0.1, 0.15) is 0 Å². The first kappa shape index (κ1) is 16.5. The zero-order chi connectivity index (χ0) is 15.3. The molecular formula is C14H18F3NO2. The largest absolute Gasteiger partial charge is 0.481 e. The normalized spacial score (nSPS) is 11.9. The van der Waals surface area contributed by atoms with Crippen LogP contribution in [0.3, 0.4) is 0 Å². The lowest BCUT2D eigenvalue weighted by molar-refractivity contribution is -0.138. The summed E-state index contributed by atoms with van der Waals surface area (Å²) in [5.41, 5.74) is 0.337. The van der Waals surface area contributed by atoms with E-state index in [1.807, 2.05) is 13.8 Å². The lowest BCUT2D eigenvalue weighted by Crippen LogP contribution is -2.10. The Balaban J connectivity index is 2.96. The van der Waals surface area contributed by atoms with E-state index >= 15 is 0 Å². The number of pyridine rings is 1. The van der Waals surface area contributed by atoms with Gasteiger partial charge in [-0.25, -0.2) is 0 Å². The summed E-state index contributed by atoms with van der Waals surface area (Å²) in [6.07, 6.45) is -2.45. The fourth-order valence-corrected chi connectivity index (χ4v) is 1.91. The number of carboxylic acids is 1. The van der Waals surface area contributed by atoms with Gasteiger partial charge in [-0.05, 0) is 36.8 Å². The fraction of sp³-hybridized carbons (Fsp3) is 0.571. The van der Waals surface area contributed by atoms with Crippen LogP contribution in [-0.4, -0.2) is 16.1 Å². The number of aryl methyl sites for hydroxylation is 1. The van der Waals surface area contributed by atoms with Crippen LogP contribution in [0, 0.1) is 5.92 Å². The van der Waals surface area contributed by atoms with E-state index in [2.05, 4.69) is 4.98 Å². The van der Waals surface area contributed by atoms with Crippen molar-refractivity contribution in [3.05, 3.63) is 29.1 Å². The minimum absolute atomic E-state index is 0.0582. The minimum atomic E-state index is -4.43. The van der Waals surface area contributed by atoms with Crippen LogP contribution in [0.25, 0.3) is 0 Å². The summed E-state index contributed by atoms with van der Waals surface area (Å²) < 4.78 is 38.0. The third-order valence-corrected chi connectivity index (χ3v) is 2.83. The highest BCUT2D eigenvalue weighted by atomic mass is 19.4. The van der Waals surface area contributed by atoms with Crippen molar-refractivity contribution < 1.29 is 23.1 Å². The van der Waals surface area contributed by atoms with Gasteiger partial charge in [0.05, 0.1) is 5.56 Å². The Kier molecular flexibility index (Phi) is 5.53. The average molecular weight is 289 g/mol. The molecule has 0 aliphatic rings. The van der Waals surface area contributed by atoms with Crippen molar-refractivity contribution in [2.45, 2.75) is 45.7 Å². The van der Waals surface area contributed by atoms with E-state index in [0.717, 1.165) is 12.3 Å². The van der Waals surface area contributed by atoms with Crippen LogP contribution in [-0.2, 0) is 23.8 Å². The summed E-state index contributed by atoms with van der Waals surface area (Å²) in [5, 5.41) is 8.59. The number of nitrogens with zero attached hydrogens (tertiary/aromatic N) is 1. The first-order valence-corrected chi connectivity index (χ1v) is 6.47. The lowest BCUT2D eigenvalue weighted by atomic mass is 9.98. The molecule has 1 N–H and O–H groups in total. The molecule has 0 bridgehead atoms. The second-order valence-corrected chi connectivity index (χ2v) is 5.17. The summed E-state index contributed by atoms with van der Waals surface area (Å²) in [5.74, 6) is -0.673. The number of alkyl halides is 3. The highest BCUT2D eigenvalue weighted by molar-refractivity contribution is 5.66. The third-order valence-electron chi connectivity index (χ3n) is 2.83. The number of hydrogen-bond acceptors (Lipinski definition) is 2. The minimum Gasteiger partial charge on any atom is -0.481 e. The highest BCUT2D eigenvalue weighted by Crippen LogP contribution is 2.30. The molecule has 1 aromatic heterocycles. The molecule has 20 heavy (non-hydrogen) atoms. The van der Waals surface area contributed by atoms with Gasteiger partial charge in [-0.15, -0.1) is 0 Å². The summed E-state index contributed by atoms with van der Waals surface area (Å²) >= 11 is 0. The molecule has 0 aliphatic heterocycles. The molecule has 0 spiro atoms. The van der Waals surface area contributed by atoms with Gasteiger partial charge in [-0.1, -0.05) is 13.8 Å². The Morgan fingerprint density at radius 2 is 2.05 bits per heavy atom. The number of halogens is 3. The first-order valence-electron chi connectivity index (χ1n) is 6.47. The van der Waals surface area contributed by atoms with Gasteiger partial charge >= 0.3 is 12.1 Å². The van der Waals surface area contributed by atoms with Gasteiger partial charge in [-0.3, -0.25) is 9.78 Å². The molecule has 0 aliphatic carbocycles. The standard InChI is InChI=1S/C14H18F3NO2/c1-9(2)6-12-10(4-3-5-13(19)20)7-11(8-18-12)14(15,16)17/h7-9H,3-6H2,1-2H3,(H,19,20). The van der Waals surface area contributed by atoms with E-state index < -0.39 is 17.7 Å². The number of hydrogen-bond donors (Lipinski definition) is 1. The van der Waals surface area contributed by atoms with Crippen molar-refractivity contribution in [3.8, 4) is 0 Å². The van der Waals surface area contributed by atoms with Crippen LogP contribution in [0.1, 0.15) is 43.5 Å². The van der Waals surface area contributed by atoms with Crippen molar-refractivity contribution in [3.63, 3.8) is 0 Å². The zero-order valence-electron chi connectivity index (χ0n) is 11.5. The molecule has 1 rings (SSSR count). The van der Waals surface area contributed by atoms with Crippen LogP contribution >= 0.6 is 0 Å². The van der Waals surface area contributed by atoms with Gasteiger partial charge in [0.2, 0.25) is 0 Å². The molecule has 3 nitrogen and oxygen atoms in total. The van der Waals surface area contributed by atoms with Gasteiger partial charge in [0.25, 0.3) is 0 Å². The topological polar surface area (TPSA) is 50.2 Å². The van der Waals surface area contributed by atoms with Crippen molar-refractivity contribution >= 4 is 5.97 Å². The predicted octanol–water partition coefficient (Wildman–Crippen LogP) is 3.71. The molecular weight excluding hydrogens is 271 g/mol. The predicted molar refractivity (Wildman–Crippen MR) is 68.4 cm³/mol. The molecule has 0 unspecified atom stereocenters. The Labute approximate surface area is 115 Å². The van der Waals surface area contributed by atoms with Gasteiger partial charge in [0.15, 0.2) is 0 Å². The second kappa shape index (κ2) is 6.72. The van der Waals surface area contributed by atoms with Gasteiger partial charge in [0, 0.05) is 18.3 Å². The molecule has 6 heteroatoms. The number of carbonyl (C=O) groups is 1. The first-order chi connectivity index (χ1) is 9.20. The van der Waals surface area contributed by atoms with Crippen molar-refractivity contribution in [2.24, 2.45) is 5.92 Å². The SMILES string of the molecule is CC(C)Cc1ncc(C(F)(F)F)cc1CCCC(=O)O. The smallest absolute Gasteiger partial charge is 0.417 e. The molecule has 0 radical (unpaired) electrons. The Morgan fingerprint density at radius 1 is 1.40 bits per heavy atom. The van der Waals surface area contributed by atoms with E-state index in [1.165, 1.54) is 0 Å². The molecule has 0 atom stereocenters. The maximum absolute atomic E-state index is 12.7. The zero-order valence-corrected chi connectivity index (χ0v) is 11.5. The molecule has 0 saturated carbocycles. The van der Waals surface area contributed by atoms with Crippen LogP contribution < -0.4 is 0 Å². The van der Waals surface area contributed by atoms with Gasteiger partial charge < -0.3 is 5.11 Å². The van der Waals surface area contributed by atoms with E-state index in [4.69, 9.17) is 5.11 Å². The quantitative estimate of drug-likeness (QED) is 0.868. The highest BCUT2D eigenvalue weighted by Gasteiger charge is 2.31. The maximum Gasteiger partial charge on any atom is 0.417 e. The Bertz CT molecular complexity index is 470. The number of carboxylic acid groups (broad SMARTS) is 1. The van der Waals surface area contributed by atoms with E-state index in [9.17, 15) is 18.0 Å². The second-order valence-electron chi connectivity index (χ2n) is 5.17. The molecule has 0 saturated heterocycles. The van der Waals surface area contributed by atoms with Crippen LogP contribution in [0.5, 0.6) is 0 Å². The van der Waals surface area contributed by atoms with E-state index in [0.29, 0.717) is 30.5 Å². The van der Waals surface area contributed by atoms with Crippen LogP contribution in [0.4, 0.5) is 13.2 Å².